The first-order valence-electron chi connectivity index (χ1n) is 3.85. The molecular formula is C9H11ClO2S. The van der Waals surface area contributed by atoms with E-state index in [1.165, 1.54) is 0 Å². The average molecular weight is 219 g/mol. The van der Waals surface area contributed by atoms with Crippen LogP contribution in [-0.4, -0.2) is 8.42 Å². The second-order valence-electron chi connectivity index (χ2n) is 3.14. The van der Waals surface area contributed by atoms with E-state index in [1.807, 2.05) is 19.9 Å². The SMILES string of the molecule is Cc1cc(C)c(S(=O)(=O)Cl)cc1C. The lowest BCUT2D eigenvalue weighted by Crippen LogP contribution is -1.96. The highest BCUT2D eigenvalue weighted by Crippen LogP contribution is 2.22. The first-order chi connectivity index (χ1) is 5.82. The number of benzene rings is 1. The Morgan fingerprint density at radius 2 is 1.46 bits per heavy atom. The van der Waals surface area contributed by atoms with E-state index in [9.17, 15) is 8.42 Å². The molecule has 72 valence electrons. The van der Waals surface area contributed by atoms with E-state index >= 15 is 0 Å². The van der Waals surface area contributed by atoms with Crippen molar-refractivity contribution in [1.29, 1.82) is 0 Å². The Kier molecular flexibility index (Phi) is 2.68. The molecule has 0 atom stereocenters. The predicted octanol–water partition coefficient (Wildman–Crippen LogP) is 2.54. The summed E-state index contributed by atoms with van der Waals surface area (Å²) in [6.07, 6.45) is 0. The molecule has 0 saturated heterocycles. The van der Waals surface area contributed by atoms with Gasteiger partial charge in [0.15, 0.2) is 0 Å². The first kappa shape index (κ1) is 10.5. The Labute approximate surface area is 83.0 Å². The van der Waals surface area contributed by atoms with Gasteiger partial charge in [0.2, 0.25) is 0 Å². The third-order valence-corrected chi connectivity index (χ3v) is 3.52. The van der Waals surface area contributed by atoms with Gasteiger partial charge in [0.25, 0.3) is 9.05 Å². The maximum absolute atomic E-state index is 11.1. The second-order valence-corrected chi connectivity index (χ2v) is 5.67. The quantitative estimate of drug-likeness (QED) is 0.679. The standard InChI is InChI=1S/C9H11ClO2S/c1-6-4-8(3)9(5-7(6)2)13(10,11)12/h4-5H,1-3H3. The van der Waals surface area contributed by atoms with E-state index in [4.69, 9.17) is 10.7 Å². The predicted molar refractivity (Wildman–Crippen MR) is 53.7 cm³/mol. The molecule has 0 aliphatic rings. The zero-order valence-corrected chi connectivity index (χ0v) is 9.33. The summed E-state index contributed by atoms with van der Waals surface area (Å²) in [5.74, 6) is 0. The van der Waals surface area contributed by atoms with Crippen LogP contribution in [0.1, 0.15) is 16.7 Å². The van der Waals surface area contributed by atoms with Crippen molar-refractivity contribution in [2.45, 2.75) is 25.7 Å². The smallest absolute Gasteiger partial charge is 0.207 e. The Balaban J connectivity index is 3.50. The molecule has 0 saturated carbocycles. The van der Waals surface area contributed by atoms with Crippen LogP contribution in [0.2, 0.25) is 0 Å². The van der Waals surface area contributed by atoms with Crippen LogP contribution in [0.3, 0.4) is 0 Å². The maximum Gasteiger partial charge on any atom is 0.261 e. The van der Waals surface area contributed by atoms with E-state index in [1.54, 1.807) is 13.0 Å². The van der Waals surface area contributed by atoms with Crippen molar-refractivity contribution in [2.75, 3.05) is 0 Å². The largest absolute Gasteiger partial charge is 0.261 e. The van der Waals surface area contributed by atoms with Gasteiger partial charge < -0.3 is 0 Å². The van der Waals surface area contributed by atoms with Gasteiger partial charge in [-0.05, 0) is 43.5 Å². The molecule has 0 spiro atoms. The molecule has 4 heteroatoms. The third-order valence-electron chi connectivity index (χ3n) is 2.05. The van der Waals surface area contributed by atoms with Crippen LogP contribution in [0.15, 0.2) is 17.0 Å². The molecule has 0 amide bonds. The van der Waals surface area contributed by atoms with Crippen LogP contribution in [0, 0.1) is 20.8 Å². The van der Waals surface area contributed by atoms with E-state index in [2.05, 4.69) is 0 Å². The fraction of sp³-hybridized carbons (Fsp3) is 0.333. The summed E-state index contributed by atoms with van der Waals surface area (Å²) in [6.45, 7) is 5.54. The van der Waals surface area contributed by atoms with Gasteiger partial charge in [0, 0.05) is 10.7 Å². The van der Waals surface area contributed by atoms with E-state index in [0.717, 1.165) is 11.1 Å². The molecular weight excluding hydrogens is 208 g/mol. The highest BCUT2D eigenvalue weighted by Gasteiger charge is 2.13. The van der Waals surface area contributed by atoms with Gasteiger partial charge in [0.05, 0.1) is 4.90 Å². The summed E-state index contributed by atoms with van der Waals surface area (Å²) in [6, 6.07) is 3.43. The van der Waals surface area contributed by atoms with Crippen LogP contribution in [0.25, 0.3) is 0 Å². The van der Waals surface area contributed by atoms with Crippen molar-refractivity contribution in [3.8, 4) is 0 Å². The zero-order valence-electron chi connectivity index (χ0n) is 7.76. The fourth-order valence-corrected chi connectivity index (χ4v) is 2.46. The van der Waals surface area contributed by atoms with Crippen molar-refractivity contribution in [1.82, 2.24) is 0 Å². The topological polar surface area (TPSA) is 34.1 Å². The van der Waals surface area contributed by atoms with Gasteiger partial charge in [0.1, 0.15) is 0 Å². The Morgan fingerprint density at radius 3 is 1.92 bits per heavy atom. The third kappa shape index (κ3) is 2.23. The monoisotopic (exact) mass is 218 g/mol. The minimum absolute atomic E-state index is 0.206. The summed E-state index contributed by atoms with van der Waals surface area (Å²) >= 11 is 0. The Hall–Kier alpha value is -0.540. The molecule has 0 aliphatic carbocycles. The Morgan fingerprint density at radius 1 is 1.00 bits per heavy atom. The number of rotatable bonds is 1. The molecule has 1 rings (SSSR count). The molecule has 0 aliphatic heterocycles. The lowest BCUT2D eigenvalue weighted by atomic mass is 10.1. The minimum Gasteiger partial charge on any atom is -0.207 e. The number of halogens is 1. The van der Waals surface area contributed by atoms with Crippen LogP contribution in [0.4, 0.5) is 0 Å². The van der Waals surface area contributed by atoms with E-state index in [-0.39, 0.29) is 4.90 Å². The normalized spacial score (nSPS) is 11.7. The molecule has 0 bridgehead atoms. The van der Waals surface area contributed by atoms with Crippen LogP contribution >= 0.6 is 10.7 Å². The van der Waals surface area contributed by atoms with Crippen LogP contribution in [-0.2, 0) is 9.05 Å². The summed E-state index contributed by atoms with van der Waals surface area (Å²) in [7, 11) is 1.66. The zero-order chi connectivity index (χ0) is 10.2. The molecule has 0 unspecified atom stereocenters. The van der Waals surface area contributed by atoms with Gasteiger partial charge in [-0.3, -0.25) is 0 Å². The van der Waals surface area contributed by atoms with Gasteiger partial charge in [-0.15, -0.1) is 0 Å². The van der Waals surface area contributed by atoms with Crippen molar-refractivity contribution in [3.05, 3.63) is 28.8 Å². The molecule has 1 aromatic rings. The lowest BCUT2D eigenvalue weighted by molar-refractivity contribution is 0.609. The molecule has 0 heterocycles. The van der Waals surface area contributed by atoms with Gasteiger partial charge in [-0.2, -0.15) is 0 Å². The van der Waals surface area contributed by atoms with Gasteiger partial charge >= 0.3 is 0 Å². The number of hydrogen-bond acceptors (Lipinski definition) is 2. The summed E-state index contributed by atoms with van der Waals surface area (Å²) < 4.78 is 22.2. The molecule has 0 N–H and O–H groups in total. The maximum atomic E-state index is 11.1. The van der Waals surface area contributed by atoms with Gasteiger partial charge in [-0.25, -0.2) is 8.42 Å². The molecule has 0 aromatic heterocycles. The summed E-state index contributed by atoms with van der Waals surface area (Å²) in [5, 5.41) is 0. The summed E-state index contributed by atoms with van der Waals surface area (Å²) in [4.78, 5) is 0.206. The molecule has 13 heavy (non-hydrogen) atoms. The average Bonchev–Trinajstić information content (AvgIpc) is 1.94. The second kappa shape index (κ2) is 3.31. The number of aryl methyl sites for hydroxylation is 3. The highest BCUT2D eigenvalue weighted by atomic mass is 35.7. The van der Waals surface area contributed by atoms with Crippen molar-refractivity contribution in [3.63, 3.8) is 0 Å². The fourth-order valence-electron chi connectivity index (χ4n) is 1.20. The van der Waals surface area contributed by atoms with Crippen LogP contribution in [0.5, 0.6) is 0 Å². The van der Waals surface area contributed by atoms with E-state index < -0.39 is 9.05 Å². The van der Waals surface area contributed by atoms with Gasteiger partial charge in [-0.1, -0.05) is 6.07 Å². The summed E-state index contributed by atoms with van der Waals surface area (Å²) in [5.41, 5.74) is 2.70. The highest BCUT2D eigenvalue weighted by molar-refractivity contribution is 8.13. The molecule has 1 aromatic carbocycles. The number of hydrogen-bond donors (Lipinski definition) is 0. The first-order valence-corrected chi connectivity index (χ1v) is 6.16. The van der Waals surface area contributed by atoms with Crippen molar-refractivity contribution in [2.24, 2.45) is 0 Å². The van der Waals surface area contributed by atoms with E-state index in [0.29, 0.717) is 5.56 Å². The van der Waals surface area contributed by atoms with Crippen molar-refractivity contribution < 1.29 is 8.42 Å². The lowest BCUT2D eigenvalue weighted by Gasteiger charge is -2.06. The molecule has 0 radical (unpaired) electrons. The van der Waals surface area contributed by atoms with Crippen LogP contribution < -0.4 is 0 Å². The van der Waals surface area contributed by atoms with Crippen molar-refractivity contribution >= 4 is 19.7 Å². The Bertz CT molecular complexity index is 435. The molecule has 2 nitrogen and oxygen atoms in total. The molecule has 0 fully saturated rings. The minimum atomic E-state index is -3.60.